The number of benzene rings is 1. The molecule has 1 fully saturated rings. The first-order valence-corrected chi connectivity index (χ1v) is 8.19. The molecule has 2 heterocycles. The summed E-state index contributed by atoms with van der Waals surface area (Å²) in [5, 5.41) is 10.7. The van der Waals surface area contributed by atoms with E-state index < -0.39 is 4.92 Å². The summed E-state index contributed by atoms with van der Waals surface area (Å²) in [4.78, 5) is 24.5. The van der Waals surface area contributed by atoms with Crippen LogP contribution in [-0.4, -0.2) is 15.2 Å². The first-order valence-electron chi connectivity index (χ1n) is 6.96. The van der Waals surface area contributed by atoms with Gasteiger partial charge in [-0.15, -0.1) is 0 Å². The van der Waals surface area contributed by atoms with Crippen molar-refractivity contribution in [2.75, 3.05) is 4.90 Å². The van der Waals surface area contributed by atoms with Crippen LogP contribution in [-0.2, 0) is 4.79 Å². The van der Waals surface area contributed by atoms with E-state index in [9.17, 15) is 14.9 Å². The van der Waals surface area contributed by atoms with E-state index in [-0.39, 0.29) is 17.6 Å². The molecule has 24 heavy (non-hydrogen) atoms. The number of amides is 1. The standard InChI is InChI=1S/C16H12N2O4S2/c1-9-3-5-12(10(2)7-9)17-15(19)13(24-16(17)23)8-11-4-6-14(22-11)18(20)21/h3-8H,1-2H3/b13-8+. The molecular weight excluding hydrogens is 348 g/mol. The van der Waals surface area contributed by atoms with Gasteiger partial charge in [-0.2, -0.15) is 0 Å². The van der Waals surface area contributed by atoms with Crippen LogP contribution in [0.4, 0.5) is 11.6 Å². The lowest BCUT2D eigenvalue weighted by Gasteiger charge is -2.17. The number of furan rings is 1. The van der Waals surface area contributed by atoms with Crippen LogP contribution in [0.5, 0.6) is 0 Å². The summed E-state index contributed by atoms with van der Waals surface area (Å²) >= 11 is 6.46. The second kappa shape index (κ2) is 6.21. The Kier molecular flexibility index (Phi) is 4.25. The third-order valence-corrected chi connectivity index (χ3v) is 4.75. The number of anilines is 1. The average Bonchev–Trinajstić information content (AvgIpc) is 3.07. The number of hydrogen-bond donors (Lipinski definition) is 0. The van der Waals surface area contributed by atoms with Gasteiger partial charge in [0.15, 0.2) is 4.32 Å². The molecule has 2 aromatic rings. The van der Waals surface area contributed by atoms with Crippen molar-refractivity contribution in [2.45, 2.75) is 13.8 Å². The summed E-state index contributed by atoms with van der Waals surface area (Å²) in [5.41, 5.74) is 2.78. The lowest BCUT2D eigenvalue weighted by molar-refractivity contribution is -0.402. The number of thioether (sulfide) groups is 1. The number of thiocarbonyl (C=S) groups is 1. The van der Waals surface area contributed by atoms with Gasteiger partial charge < -0.3 is 4.42 Å². The summed E-state index contributed by atoms with van der Waals surface area (Å²) in [6.07, 6.45) is 1.47. The van der Waals surface area contributed by atoms with Crippen molar-refractivity contribution in [3.8, 4) is 0 Å². The molecule has 3 rings (SSSR count). The molecule has 6 nitrogen and oxygen atoms in total. The lowest BCUT2D eigenvalue weighted by atomic mass is 10.1. The molecule has 0 N–H and O–H groups in total. The highest BCUT2D eigenvalue weighted by Crippen LogP contribution is 2.37. The maximum Gasteiger partial charge on any atom is 0.433 e. The van der Waals surface area contributed by atoms with Crippen LogP contribution in [0.1, 0.15) is 16.9 Å². The van der Waals surface area contributed by atoms with Crippen molar-refractivity contribution in [1.29, 1.82) is 0 Å². The van der Waals surface area contributed by atoms with E-state index in [4.69, 9.17) is 16.6 Å². The fraction of sp³-hybridized carbons (Fsp3) is 0.125. The van der Waals surface area contributed by atoms with Gasteiger partial charge in [-0.1, -0.05) is 41.7 Å². The van der Waals surface area contributed by atoms with Crippen molar-refractivity contribution in [3.63, 3.8) is 0 Å². The third-order valence-electron chi connectivity index (χ3n) is 3.45. The average molecular weight is 360 g/mol. The Morgan fingerprint density at radius 3 is 2.67 bits per heavy atom. The van der Waals surface area contributed by atoms with Crippen LogP contribution >= 0.6 is 24.0 Å². The predicted octanol–water partition coefficient (Wildman–Crippen LogP) is 4.21. The van der Waals surface area contributed by atoms with Crippen LogP contribution in [0.2, 0.25) is 0 Å². The van der Waals surface area contributed by atoms with Crippen LogP contribution in [0.3, 0.4) is 0 Å². The molecule has 1 aromatic carbocycles. The van der Waals surface area contributed by atoms with Crippen LogP contribution in [0, 0.1) is 24.0 Å². The molecule has 1 aliphatic rings. The Labute approximate surface area is 147 Å². The van der Waals surface area contributed by atoms with E-state index in [1.807, 2.05) is 32.0 Å². The smallest absolute Gasteiger partial charge is 0.401 e. The lowest BCUT2D eigenvalue weighted by Crippen LogP contribution is -2.28. The molecule has 0 aliphatic carbocycles. The second-order valence-corrected chi connectivity index (χ2v) is 6.92. The van der Waals surface area contributed by atoms with Gasteiger partial charge in [0.1, 0.15) is 10.7 Å². The predicted molar refractivity (Wildman–Crippen MR) is 96.9 cm³/mol. The number of rotatable bonds is 3. The topological polar surface area (TPSA) is 76.6 Å². The molecule has 0 unspecified atom stereocenters. The van der Waals surface area contributed by atoms with Gasteiger partial charge in [-0.25, -0.2) is 0 Å². The normalized spacial score (nSPS) is 16.2. The molecule has 1 aliphatic heterocycles. The van der Waals surface area contributed by atoms with Gasteiger partial charge in [-0.05, 0) is 31.5 Å². The Hall–Kier alpha value is -2.45. The largest absolute Gasteiger partial charge is 0.433 e. The molecule has 1 amide bonds. The second-order valence-electron chi connectivity index (χ2n) is 5.24. The van der Waals surface area contributed by atoms with Gasteiger partial charge in [0.2, 0.25) is 0 Å². The Balaban J connectivity index is 1.93. The zero-order chi connectivity index (χ0) is 17.4. The fourth-order valence-electron chi connectivity index (χ4n) is 2.38. The quantitative estimate of drug-likeness (QED) is 0.353. The number of carbonyl (C=O) groups is 1. The number of carbonyl (C=O) groups excluding carboxylic acids is 1. The zero-order valence-electron chi connectivity index (χ0n) is 12.8. The fourth-order valence-corrected chi connectivity index (χ4v) is 3.64. The van der Waals surface area contributed by atoms with E-state index in [0.717, 1.165) is 28.6 Å². The monoisotopic (exact) mass is 360 g/mol. The Morgan fingerprint density at radius 2 is 2.04 bits per heavy atom. The van der Waals surface area contributed by atoms with Crippen molar-refractivity contribution < 1.29 is 14.1 Å². The van der Waals surface area contributed by atoms with E-state index in [0.29, 0.717) is 9.23 Å². The van der Waals surface area contributed by atoms with Gasteiger partial charge in [0, 0.05) is 6.08 Å². The molecule has 0 radical (unpaired) electrons. The zero-order valence-corrected chi connectivity index (χ0v) is 14.4. The molecule has 0 saturated carbocycles. The van der Waals surface area contributed by atoms with Crippen LogP contribution in [0.15, 0.2) is 39.7 Å². The van der Waals surface area contributed by atoms with Gasteiger partial charge in [0.25, 0.3) is 5.91 Å². The molecule has 0 bridgehead atoms. The highest BCUT2D eigenvalue weighted by Gasteiger charge is 2.34. The summed E-state index contributed by atoms with van der Waals surface area (Å²) in [7, 11) is 0. The molecule has 8 heteroatoms. The minimum absolute atomic E-state index is 0.239. The molecule has 0 atom stereocenters. The first kappa shape index (κ1) is 16.4. The van der Waals surface area contributed by atoms with Gasteiger partial charge in [0.05, 0.1) is 16.7 Å². The Morgan fingerprint density at radius 1 is 1.29 bits per heavy atom. The van der Waals surface area contributed by atoms with Crippen LogP contribution < -0.4 is 4.90 Å². The summed E-state index contributed by atoms with van der Waals surface area (Å²) in [5.74, 6) is -0.398. The molecule has 1 aromatic heterocycles. The molecule has 122 valence electrons. The highest BCUT2D eigenvalue weighted by molar-refractivity contribution is 8.27. The van der Waals surface area contributed by atoms with Gasteiger partial charge >= 0.3 is 5.88 Å². The van der Waals surface area contributed by atoms with E-state index in [1.54, 1.807) is 0 Å². The minimum atomic E-state index is -0.627. The minimum Gasteiger partial charge on any atom is -0.401 e. The summed E-state index contributed by atoms with van der Waals surface area (Å²) in [6.45, 7) is 3.89. The number of nitrogens with zero attached hydrogens (tertiary/aromatic N) is 2. The van der Waals surface area contributed by atoms with E-state index in [2.05, 4.69) is 0 Å². The van der Waals surface area contributed by atoms with E-state index >= 15 is 0 Å². The number of hydrogen-bond acceptors (Lipinski definition) is 6. The maximum atomic E-state index is 12.7. The van der Waals surface area contributed by atoms with Crippen molar-refractivity contribution >= 4 is 51.9 Å². The van der Waals surface area contributed by atoms with Crippen LogP contribution in [0.25, 0.3) is 6.08 Å². The number of aryl methyl sites for hydroxylation is 2. The highest BCUT2D eigenvalue weighted by atomic mass is 32.2. The summed E-state index contributed by atoms with van der Waals surface area (Å²) < 4.78 is 5.48. The Bertz CT molecular complexity index is 901. The third kappa shape index (κ3) is 2.98. The molecular formula is C16H12N2O4S2. The maximum absolute atomic E-state index is 12.7. The van der Waals surface area contributed by atoms with Crippen molar-refractivity contribution in [2.24, 2.45) is 0 Å². The molecule has 1 saturated heterocycles. The number of nitro groups is 1. The van der Waals surface area contributed by atoms with Crippen molar-refractivity contribution in [3.05, 3.63) is 62.2 Å². The summed E-state index contributed by atoms with van der Waals surface area (Å²) in [6, 6.07) is 8.45. The first-order chi connectivity index (χ1) is 11.4. The van der Waals surface area contributed by atoms with Crippen molar-refractivity contribution in [1.82, 2.24) is 0 Å². The molecule has 0 spiro atoms. The van der Waals surface area contributed by atoms with Gasteiger partial charge in [-0.3, -0.25) is 19.8 Å². The SMILES string of the molecule is Cc1ccc(N2C(=O)/C(=C\c3ccc([N+](=O)[O-])o3)SC2=S)c(C)c1. The van der Waals surface area contributed by atoms with E-state index in [1.165, 1.54) is 23.1 Å².